The van der Waals surface area contributed by atoms with E-state index in [1.54, 1.807) is 0 Å². The maximum absolute atomic E-state index is 12.2. The number of carbonyl (C=O) groups excluding carboxylic acids is 2. The van der Waals surface area contributed by atoms with Crippen LogP contribution in [-0.4, -0.2) is 42.8 Å². The number of nitrogens with one attached hydrogen (secondary N) is 2. The van der Waals surface area contributed by atoms with E-state index in [0.29, 0.717) is 13.0 Å². The van der Waals surface area contributed by atoms with Crippen LogP contribution in [0.25, 0.3) is 11.1 Å². The second kappa shape index (κ2) is 9.04. The molecule has 2 atom stereocenters. The maximum atomic E-state index is 12.2. The number of rotatable bonds is 8. The van der Waals surface area contributed by atoms with Crippen LogP contribution in [0.3, 0.4) is 0 Å². The fourth-order valence-corrected chi connectivity index (χ4v) is 4.11. The highest BCUT2D eigenvalue weighted by Gasteiger charge is 2.42. The summed E-state index contributed by atoms with van der Waals surface area (Å²) in [6.45, 7) is 0.804. The van der Waals surface area contributed by atoms with Crippen molar-refractivity contribution in [2.45, 2.75) is 12.3 Å². The molecule has 2 aromatic rings. The Morgan fingerprint density at radius 2 is 1.65 bits per heavy atom. The summed E-state index contributed by atoms with van der Waals surface area (Å²) in [7, 11) is 0. The Balaban J connectivity index is 1.22. The van der Waals surface area contributed by atoms with E-state index in [2.05, 4.69) is 34.9 Å². The topological polar surface area (TPSA) is 105 Å². The highest BCUT2D eigenvalue weighted by Crippen LogP contribution is 2.44. The van der Waals surface area contributed by atoms with Gasteiger partial charge in [0.05, 0.1) is 0 Å². The first-order valence-corrected chi connectivity index (χ1v) is 10.3. The third-order valence-electron chi connectivity index (χ3n) is 5.77. The normalized spacial score (nSPS) is 18.8. The molecule has 4 rings (SSSR count). The van der Waals surface area contributed by atoms with Gasteiger partial charge in [0.2, 0.25) is 5.91 Å². The lowest BCUT2D eigenvalue weighted by atomic mass is 9.98. The molecule has 3 N–H and O–H groups in total. The van der Waals surface area contributed by atoms with E-state index in [1.165, 1.54) is 17.2 Å². The number of amides is 2. The molecule has 0 unspecified atom stereocenters. The minimum absolute atomic E-state index is 0.0106. The van der Waals surface area contributed by atoms with E-state index >= 15 is 0 Å². The van der Waals surface area contributed by atoms with Crippen molar-refractivity contribution in [3.05, 3.63) is 71.8 Å². The van der Waals surface area contributed by atoms with Crippen LogP contribution in [0.5, 0.6) is 0 Å². The molecule has 7 heteroatoms. The predicted octanol–water partition coefficient (Wildman–Crippen LogP) is 2.92. The van der Waals surface area contributed by atoms with Crippen LogP contribution in [0.4, 0.5) is 4.79 Å². The van der Waals surface area contributed by atoms with Crippen molar-refractivity contribution in [3.8, 4) is 11.1 Å². The number of hydrogen-bond donors (Lipinski definition) is 3. The largest absolute Gasteiger partial charge is 0.478 e. The van der Waals surface area contributed by atoms with E-state index in [4.69, 9.17) is 9.84 Å². The van der Waals surface area contributed by atoms with Crippen molar-refractivity contribution in [2.75, 3.05) is 19.7 Å². The number of hydrogen-bond acceptors (Lipinski definition) is 4. The molecule has 2 aliphatic rings. The summed E-state index contributed by atoms with van der Waals surface area (Å²) in [6.07, 6.45) is 2.57. The van der Waals surface area contributed by atoms with Gasteiger partial charge in [-0.05, 0) is 34.6 Å². The minimum atomic E-state index is -1.05. The van der Waals surface area contributed by atoms with Crippen LogP contribution in [0.15, 0.2) is 60.7 Å². The lowest BCUT2D eigenvalue weighted by Crippen LogP contribution is -2.30. The van der Waals surface area contributed by atoms with Crippen LogP contribution in [0.2, 0.25) is 0 Å². The lowest BCUT2D eigenvalue weighted by molar-refractivity contribution is -0.131. The number of aliphatic carboxylic acids is 1. The molecule has 2 aliphatic carbocycles. The summed E-state index contributed by atoms with van der Waals surface area (Å²) >= 11 is 0. The average Bonchev–Trinajstić information content (AvgIpc) is 3.49. The smallest absolute Gasteiger partial charge is 0.407 e. The van der Waals surface area contributed by atoms with Gasteiger partial charge < -0.3 is 20.5 Å². The Bertz CT molecular complexity index is 987. The molecule has 31 heavy (non-hydrogen) atoms. The fourth-order valence-electron chi connectivity index (χ4n) is 4.11. The van der Waals surface area contributed by atoms with Crippen LogP contribution in [0, 0.1) is 11.8 Å². The van der Waals surface area contributed by atoms with Gasteiger partial charge in [0.25, 0.3) is 0 Å². The van der Waals surface area contributed by atoms with Crippen molar-refractivity contribution in [1.29, 1.82) is 0 Å². The number of carboxylic acid groups (broad SMARTS) is 1. The van der Waals surface area contributed by atoms with Crippen LogP contribution in [0.1, 0.15) is 23.5 Å². The SMILES string of the molecule is O=C(O)/C=C/CNC(=O)[C@@H]1C[C@@H]1CNC(=O)OCC1c2ccccc2-c2ccccc21. The summed E-state index contributed by atoms with van der Waals surface area (Å²) in [5, 5.41) is 13.9. The van der Waals surface area contributed by atoms with Crippen molar-refractivity contribution in [2.24, 2.45) is 11.8 Å². The molecule has 0 radical (unpaired) electrons. The fraction of sp³-hybridized carbons (Fsp3) is 0.292. The molecule has 0 saturated heterocycles. The van der Waals surface area contributed by atoms with Gasteiger partial charge in [0.15, 0.2) is 0 Å². The Morgan fingerprint density at radius 3 is 2.29 bits per heavy atom. The zero-order valence-electron chi connectivity index (χ0n) is 16.9. The van der Waals surface area contributed by atoms with E-state index in [1.807, 2.05) is 24.3 Å². The number of benzene rings is 2. The Morgan fingerprint density at radius 1 is 1.00 bits per heavy atom. The number of ether oxygens (including phenoxy) is 1. The van der Waals surface area contributed by atoms with Gasteiger partial charge in [-0.2, -0.15) is 0 Å². The van der Waals surface area contributed by atoms with Gasteiger partial charge in [-0.3, -0.25) is 4.79 Å². The first-order valence-electron chi connectivity index (χ1n) is 10.3. The Kier molecular flexibility index (Phi) is 6.02. The summed E-state index contributed by atoms with van der Waals surface area (Å²) in [6, 6.07) is 16.3. The van der Waals surface area contributed by atoms with Gasteiger partial charge >= 0.3 is 12.1 Å². The Labute approximate surface area is 180 Å². The zero-order valence-corrected chi connectivity index (χ0v) is 16.9. The molecule has 2 amide bonds. The molecule has 160 valence electrons. The number of alkyl carbamates (subject to hydrolysis) is 1. The first kappa shape index (κ1) is 20.7. The van der Waals surface area contributed by atoms with Crippen molar-refractivity contribution in [1.82, 2.24) is 10.6 Å². The van der Waals surface area contributed by atoms with Crippen molar-refractivity contribution >= 4 is 18.0 Å². The maximum Gasteiger partial charge on any atom is 0.407 e. The van der Waals surface area contributed by atoms with E-state index < -0.39 is 12.1 Å². The molecule has 0 bridgehead atoms. The lowest BCUT2D eigenvalue weighted by Gasteiger charge is -2.14. The first-order chi connectivity index (χ1) is 15.0. The summed E-state index contributed by atoms with van der Waals surface area (Å²) < 4.78 is 5.50. The monoisotopic (exact) mass is 420 g/mol. The molecule has 0 aromatic heterocycles. The predicted molar refractivity (Wildman–Crippen MR) is 114 cm³/mol. The molecule has 7 nitrogen and oxygen atoms in total. The molecule has 0 aliphatic heterocycles. The summed E-state index contributed by atoms with van der Waals surface area (Å²) in [5.74, 6) is -1.26. The second-order valence-electron chi connectivity index (χ2n) is 7.79. The van der Waals surface area contributed by atoms with Crippen LogP contribution < -0.4 is 10.6 Å². The third-order valence-corrected chi connectivity index (χ3v) is 5.77. The highest BCUT2D eigenvalue weighted by atomic mass is 16.5. The van der Waals surface area contributed by atoms with Crippen LogP contribution in [-0.2, 0) is 14.3 Å². The number of fused-ring (bicyclic) bond motifs is 3. The standard InChI is InChI=1S/C24H24N2O5/c27-22(28)10-5-11-25-23(29)20-12-15(20)13-26-24(30)31-14-21-18-8-3-1-6-16(18)17-7-2-4-9-19(17)21/h1-10,15,20-21H,11-14H2,(H,25,29)(H,26,30)(H,27,28)/b10-5+/t15-,20-/m1/s1. The van der Waals surface area contributed by atoms with Crippen molar-refractivity contribution < 1.29 is 24.2 Å². The molecular weight excluding hydrogens is 396 g/mol. The number of carbonyl (C=O) groups is 3. The highest BCUT2D eigenvalue weighted by molar-refractivity contribution is 5.83. The van der Waals surface area contributed by atoms with Gasteiger partial charge in [-0.1, -0.05) is 54.6 Å². The van der Waals surface area contributed by atoms with Gasteiger partial charge in [-0.25, -0.2) is 9.59 Å². The molecular formula is C24H24N2O5. The quantitative estimate of drug-likeness (QED) is 0.570. The van der Waals surface area contributed by atoms with Crippen molar-refractivity contribution in [3.63, 3.8) is 0 Å². The number of carboxylic acids is 1. The molecule has 1 saturated carbocycles. The minimum Gasteiger partial charge on any atom is -0.478 e. The van der Waals surface area contributed by atoms with Gasteiger partial charge in [-0.15, -0.1) is 0 Å². The third kappa shape index (κ3) is 4.77. The molecule has 1 fully saturated rings. The van der Waals surface area contributed by atoms with Gasteiger partial charge in [0, 0.05) is 31.0 Å². The van der Waals surface area contributed by atoms with E-state index in [9.17, 15) is 14.4 Å². The average molecular weight is 420 g/mol. The van der Waals surface area contributed by atoms with Gasteiger partial charge in [0.1, 0.15) is 6.61 Å². The molecule has 2 aromatic carbocycles. The second-order valence-corrected chi connectivity index (χ2v) is 7.79. The Hall–Kier alpha value is -3.61. The van der Waals surface area contributed by atoms with E-state index in [0.717, 1.165) is 17.2 Å². The molecule has 0 heterocycles. The van der Waals surface area contributed by atoms with E-state index in [-0.39, 0.29) is 36.8 Å². The van der Waals surface area contributed by atoms with Crippen LogP contribution >= 0.6 is 0 Å². The summed E-state index contributed by atoms with van der Waals surface area (Å²) in [5.41, 5.74) is 4.68. The summed E-state index contributed by atoms with van der Waals surface area (Å²) in [4.78, 5) is 34.6. The zero-order chi connectivity index (χ0) is 21.8. The molecule has 0 spiro atoms.